The topological polar surface area (TPSA) is 32.3 Å². The number of hydrogen-bond acceptors (Lipinski definition) is 1. The number of amides is 2. The molecular weight excluding hydrogens is 284 g/mol. The highest BCUT2D eigenvalue weighted by Gasteiger charge is 2.12. The number of nitrogens with zero attached hydrogens (tertiary/aromatic N) is 1. The molecule has 0 radical (unpaired) electrons. The molecule has 3 nitrogen and oxygen atoms in total. The molecule has 2 aromatic rings. The molecule has 1 N–H and O–H groups in total. The fourth-order valence-electron chi connectivity index (χ4n) is 3.01. The summed E-state index contributed by atoms with van der Waals surface area (Å²) < 4.78 is 0. The highest BCUT2D eigenvalue weighted by Crippen LogP contribution is 2.31. The molecule has 3 heteroatoms. The van der Waals surface area contributed by atoms with Gasteiger partial charge in [0.25, 0.3) is 0 Å². The number of fused-ring (bicyclic) bond motifs is 1. The maximum atomic E-state index is 12.1. The maximum Gasteiger partial charge on any atom is 0.321 e. The number of hydrogen-bond donors (Lipinski definition) is 1. The van der Waals surface area contributed by atoms with Crippen LogP contribution in [0.4, 0.5) is 10.5 Å². The van der Waals surface area contributed by atoms with Crippen LogP contribution in [0.3, 0.4) is 0 Å². The van der Waals surface area contributed by atoms with E-state index < -0.39 is 0 Å². The first-order valence-electron chi connectivity index (χ1n) is 8.17. The first-order valence-corrected chi connectivity index (χ1v) is 8.17. The summed E-state index contributed by atoms with van der Waals surface area (Å²) in [5, 5.41) is 2.95. The van der Waals surface area contributed by atoms with Crippen LogP contribution in [0.1, 0.15) is 25.0 Å². The number of carbonyl (C=O) groups is 1. The van der Waals surface area contributed by atoms with Gasteiger partial charge in [0.15, 0.2) is 0 Å². The zero-order valence-corrected chi connectivity index (χ0v) is 13.7. The number of allylic oxidation sites excluding steroid dienone is 1. The number of carbonyl (C=O) groups excluding carboxylic acids is 1. The summed E-state index contributed by atoms with van der Waals surface area (Å²) in [6, 6.07) is 14.5. The van der Waals surface area contributed by atoms with E-state index in [1.54, 1.807) is 4.90 Å². The quantitative estimate of drug-likeness (QED) is 0.865. The van der Waals surface area contributed by atoms with Gasteiger partial charge in [-0.05, 0) is 54.7 Å². The van der Waals surface area contributed by atoms with Crippen LogP contribution in [0.25, 0.3) is 17.2 Å². The van der Waals surface area contributed by atoms with Gasteiger partial charge in [-0.3, -0.25) is 0 Å². The lowest BCUT2D eigenvalue weighted by molar-refractivity contribution is 0.217. The molecule has 2 aromatic carbocycles. The van der Waals surface area contributed by atoms with Gasteiger partial charge >= 0.3 is 6.03 Å². The highest BCUT2D eigenvalue weighted by atomic mass is 16.2. The molecule has 0 fully saturated rings. The van der Waals surface area contributed by atoms with Gasteiger partial charge in [0, 0.05) is 18.8 Å². The van der Waals surface area contributed by atoms with Crippen LogP contribution < -0.4 is 5.32 Å². The minimum Gasteiger partial charge on any atom is -0.325 e. The Kier molecular flexibility index (Phi) is 4.47. The molecule has 0 aromatic heterocycles. The van der Waals surface area contributed by atoms with E-state index in [0.717, 1.165) is 12.1 Å². The Morgan fingerprint density at radius 3 is 2.52 bits per heavy atom. The summed E-state index contributed by atoms with van der Waals surface area (Å²) in [5.74, 6) is 0. The molecular formula is C20H22N2O. The third-order valence-electron chi connectivity index (χ3n) is 4.33. The fourth-order valence-corrected chi connectivity index (χ4v) is 3.01. The summed E-state index contributed by atoms with van der Waals surface area (Å²) in [5.41, 5.74) is 5.98. The van der Waals surface area contributed by atoms with Crippen molar-refractivity contribution in [1.29, 1.82) is 0 Å². The highest BCUT2D eigenvalue weighted by molar-refractivity contribution is 5.89. The van der Waals surface area contributed by atoms with E-state index in [9.17, 15) is 4.79 Å². The van der Waals surface area contributed by atoms with Crippen molar-refractivity contribution in [1.82, 2.24) is 4.90 Å². The summed E-state index contributed by atoms with van der Waals surface area (Å²) >= 11 is 0. The number of urea groups is 1. The Labute approximate surface area is 137 Å². The summed E-state index contributed by atoms with van der Waals surface area (Å²) in [4.78, 5) is 13.9. The van der Waals surface area contributed by atoms with Crippen molar-refractivity contribution in [2.45, 2.75) is 20.3 Å². The molecule has 2 amide bonds. The number of rotatable bonds is 4. The first kappa shape index (κ1) is 15.3. The lowest BCUT2D eigenvalue weighted by Crippen LogP contribution is -2.34. The fraction of sp³-hybridized carbons (Fsp3) is 0.250. The number of benzene rings is 2. The second kappa shape index (κ2) is 6.69. The summed E-state index contributed by atoms with van der Waals surface area (Å²) in [6.07, 6.45) is 5.37. The molecule has 1 aliphatic rings. The van der Waals surface area contributed by atoms with Gasteiger partial charge in [0.2, 0.25) is 0 Å². The molecule has 0 saturated carbocycles. The van der Waals surface area contributed by atoms with Gasteiger partial charge in [0.1, 0.15) is 0 Å². The van der Waals surface area contributed by atoms with Crippen LogP contribution in [0.5, 0.6) is 0 Å². The third-order valence-corrected chi connectivity index (χ3v) is 4.33. The SMILES string of the molecule is CCN(CC)C(=O)Nc1ccc(-c2cccc3c2CC=C3)cc1. The molecule has 0 atom stereocenters. The molecule has 0 unspecified atom stereocenters. The molecule has 0 bridgehead atoms. The van der Waals surface area contributed by atoms with Crippen molar-refractivity contribution in [2.24, 2.45) is 0 Å². The van der Waals surface area contributed by atoms with Gasteiger partial charge in [-0.1, -0.05) is 42.5 Å². The summed E-state index contributed by atoms with van der Waals surface area (Å²) in [6.45, 7) is 5.39. The Morgan fingerprint density at radius 1 is 1.09 bits per heavy atom. The van der Waals surface area contributed by atoms with Crippen molar-refractivity contribution in [3.8, 4) is 11.1 Å². The zero-order chi connectivity index (χ0) is 16.2. The minimum atomic E-state index is -0.0486. The maximum absolute atomic E-state index is 12.1. The lowest BCUT2D eigenvalue weighted by atomic mass is 9.96. The van der Waals surface area contributed by atoms with Crippen LogP contribution in [-0.2, 0) is 6.42 Å². The molecule has 1 aliphatic carbocycles. The largest absolute Gasteiger partial charge is 0.325 e. The van der Waals surface area contributed by atoms with E-state index in [-0.39, 0.29) is 6.03 Å². The Balaban J connectivity index is 1.78. The van der Waals surface area contributed by atoms with E-state index in [1.165, 1.54) is 22.3 Å². The van der Waals surface area contributed by atoms with Crippen LogP contribution in [0, 0.1) is 0 Å². The molecule has 0 heterocycles. The van der Waals surface area contributed by atoms with Crippen LogP contribution >= 0.6 is 0 Å². The molecule has 23 heavy (non-hydrogen) atoms. The Hall–Kier alpha value is -2.55. The second-order valence-electron chi connectivity index (χ2n) is 5.66. The number of nitrogens with one attached hydrogen (secondary N) is 1. The smallest absolute Gasteiger partial charge is 0.321 e. The van der Waals surface area contributed by atoms with Gasteiger partial charge in [-0.2, -0.15) is 0 Å². The zero-order valence-electron chi connectivity index (χ0n) is 13.7. The van der Waals surface area contributed by atoms with Crippen molar-refractivity contribution in [3.63, 3.8) is 0 Å². The van der Waals surface area contributed by atoms with Gasteiger partial charge in [-0.25, -0.2) is 4.79 Å². The van der Waals surface area contributed by atoms with Crippen molar-refractivity contribution in [3.05, 3.63) is 59.7 Å². The van der Waals surface area contributed by atoms with E-state index in [1.807, 2.05) is 26.0 Å². The first-order chi connectivity index (χ1) is 11.2. The predicted molar refractivity (Wildman–Crippen MR) is 96.6 cm³/mol. The lowest BCUT2D eigenvalue weighted by Gasteiger charge is -2.19. The Morgan fingerprint density at radius 2 is 1.83 bits per heavy atom. The predicted octanol–water partition coefficient (Wildman–Crippen LogP) is 4.80. The van der Waals surface area contributed by atoms with Crippen LogP contribution in [0.2, 0.25) is 0 Å². The van der Waals surface area contributed by atoms with E-state index in [2.05, 4.69) is 47.8 Å². The van der Waals surface area contributed by atoms with E-state index in [4.69, 9.17) is 0 Å². The van der Waals surface area contributed by atoms with Crippen molar-refractivity contribution < 1.29 is 4.79 Å². The van der Waals surface area contributed by atoms with E-state index >= 15 is 0 Å². The normalized spacial score (nSPS) is 12.1. The molecule has 3 rings (SSSR count). The molecule has 0 aliphatic heterocycles. The number of anilines is 1. The van der Waals surface area contributed by atoms with Gasteiger partial charge < -0.3 is 10.2 Å². The van der Waals surface area contributed by atoms with Crippen LogP contribution in [0.15, 0.2) is 48.5 Å². The molecule has 118 valence electrons. The monoisotopic (exact) mass is 306 g/mol. The summed E-state index contributed by atoms with van der Waals surface area (Å²) in [7, 11) is 0. The Bertz CT molecular complexity index is 728. The van der Waals surface area contributed by atoms with E-state index in [0.29, 0.717) is 13.1 Å². The van der Waals surface area contributed by atoms with Gasteiger partial charge in [0.05, 0.1) is 0 Å². The van der Waals surface area contributed by atoms with Crippen molar-refractivity contribution >= 4 is 17.8 Å². The van der Waals surface area contributed by atoms with Crippen molar-refractivity contribution in [2.75, 3.05) is 18.4 Å². The average molecular weight is 306 g/mol. The van der Waals surface area contributed by atoms with Crippen LogP contribution in [-0.4, -0.2) is 24.0 Å². The van der Waals surface area contributed by atoms with Gasteiger partial charge in [-0.15, -0.1) is 0 Å². The third kappa shape index (κ3) is 3.14. The molecule has 0 saturated heterocycles. The standard InChI is InChI=1S/C20H22N2O/c1-3-22(4-2)20(23)21-17-13-11-16(12-14-17)19-10-6-8-15-7-5-9-18(15)19/h5-8,10-14H,3-4,9H2,1-2H3,(H,21,23). The second-order valence-corrected chi connectivity index (χ2v) is 5.66. The minimum absolute atomic E-state index is 0.0486. The molecule has 0 spiro atoms. The average Bonchev–Trinajstić information content (AvgIpc) is 3.05.